The minimum absolute atomic E-state index is 0.101. The molecule has 80 valence electrons. The number of methoxy groups -OCH3 is 1. The Morgan fingerprint density at radius 3 is 3.07 bits per heavy atom. The van der Waals surface area contributed by atoms with Gasteiger partial charge >= 0.3 is 5.97 Å². The average Bonchev–Trinajstić information content (AvgIpc) is 2.64. The number of ether oxygens (including phenoxy) is 2. The number of carbonyl (C=O) groups is 1. The molecule has 0 unspecified atom stereocenters. The molecule has 1 aliphatic heterocycles. The Hall–Kier alpha value is -1.16. The van der Waals surface area contributed by atoms with Crippen molar-refractivity contribution < 1.29 is 14.3 Å². The van der Waals surface area contributed by atoms with Gasteiger partial charge in [-0.1, -0.05) is 6.07 Å². The average molecular weight is 224 g/mol. The molecule has 1 aromatic rings. The van der Waals surface area contributed by atoms with Gasteiger partial charge in [0.05, 0.1) is 18.8 Å². The van der Waals surface area contributed by atoms with Crippen molar-refractivity contribution in [3.8, 4) is 5.75 Å². The summed E-state index contributed by atoms with van der Waals surface area (Å²) >= 11 is 1.66. The SMILES string of the molecule is COc1cccc(S[C@H]2COC(=O)C2)c1. The van der Waals surface area contributed by atoms with Gasteiger partial charge in [-0.05, 0) is 18.2 Å². The van der Waals surface area contributed by atoms with E-state index in [0.717, 1.165) is 10.6 Å². The highest BCUT2D eigenvalue weighted by atomic mass is 32.2. The summed E-state index contributed by atoms with van der Waals surface area (Å²) in [7, 11) is 1.64. The quantitative estimate of drug-likeness (QED) is 0.737. The molecule has 1 atom stereocenters. The van der Waals surface area contributed by atoms with Gasteiger partial charge in [-0.2, -0.15) is 0 Å². The van der Waals surface area contributed by atoms with Crippen LogP contribution in [-0.2, 0) is 9.53 Å². The molecule has 0 amide bonds. The van der Waals surface area contributed by atoms with E-state index in [1.165, 1.54) is 0 Å². The zero-order chi connectivity index (χ0) is 10.7. The topological polar surface area (TPSA) is 35.5 Å². The van der Waals surface area contributed by atoms with Crippen LogP contribution in [0.3, 0.4) is 0 Å². The van der Waals surface area contributed by atoms with E-state index in [4.69, 9.17) is 9.47 Å². The van der Waals surface area contributed by atoms with Crippen LogP contribution in [0.1, 0.15) is 6.42 Å². The van der Waals surface area contributed by atoms with Gasteiger partial charge < -0.3 is 9.47 Å². The van der Waals surface area contributed by atoms with Crippen molar-refractivity contribution in [2.45, 2.75) is 16.6 Å². The van der Waals surface area contributed by atoms with E-state index >= 15 is 0 Å². The maximum Gasteiger partial charge on any atom is 0.307 e. The molecule has 1 saturated heterocycles. The van der Waals surface area contributed by atoms with E-state index < -0.39 is 0 Å². The Bertz CT molecular complexity index is 365. The highest BCUT2D eigenvalue weighted by Crippen LogP contribution is 2.30. The van der Waals surface area contributed by atoms with E-state index in [9.17, 15) is 4.79 Å². The predicted molar refractivity (Wildman–Crippen MR) is 58.2 cm³/mol. The van der Waals surface area contributed by atoms with Crippen LogP contribution in [0, 0.1) is 0 Å². The van der Waals surface area contributed by atoms with Crippen LogP contribution in [0.5, 0.6) is 5.75 Å². The van der Waals surface area contributed by atoms with Crippen molar-refractivity contribution in [2.75, 3.05) is 13.7 Å². The lowest BCUT2D eigenvalue weighted by Crippen LogP contribution is -2.00. The zero-order valence-electron chi connectivity index (χ0n) is 8.43. The first kappa shape index (κ1) is 10.4. The third kappa shape index (κ3) is 2.65. The number of hydrogen-bond acceptors (Lipinski definition) is 4. The molecule has 3 nitrogen and oxygen atoms in total. The molecule has 1 aliphatic rings. The first-order valence-corrected chi connectivity index (χ1v) is 5.62. The van der Waals surface area contributed by atoms with Gasteiger partial charge in [-0.15, -0.1) is 11.8 Å². The summed E-state index contributed by atoms with van der Waals surface area (Å²) < 4.78 is 10.0. The molecule has 2 rings (SSSR count). The summed E-state index contributed by atoms with van der Waals surface area (Å²) in [5.74, 6) is 0.737. The van der Waals surface area contributed by atoms with Crippen LogP contribution in [0.4, 0.5) is 0 Å². The molecule has 15 heavy (non-hydrogen) atoms. The minimum Gasteiger partial charge on any atom is -0.497 e. The first-order valence-electron chi connectivity index (χ1n) is 4.74. The molecule has 0 N–H and O–H groups in total. The van der Waals surface area contributed by atoms with Crippen molar-refractivity contribution in [3.05, 3.63) is 24.3 Å². The van der Waals surface area contributed by atoms with Gasteiger partial charge in [0.2, 0.25) is 0 Å². The highest BCUT2D eigenvalue weighted by Gasteiger charge is 2.24. The summed E-state index contributed by atoms with van der Waals surface area (Å²) in [6.45, 7) is 0.515. The summed E-state index contributed by atoms with van der Waals surface area (Å²) in [6.07, 6.45) is 0.502. The Balaban J connectivity index is 2.01. The Labute approximate surface area is 92.8 Å². The molecule has 1 heterocycles. The van der Waals surface area contributed by atoms with Crippen molar-refractivity contribution in [1.29, 1.82) is 0 Å². The second-order valence-corrected chi connectivity index (χ2v) is 4.68. The molecule has 0 radical (unpaired) electrons. The standard InChI is InChI=1S/C11H12O3S/c1-13-8-3-2-4-9(5-8)15-10-6-11(12)14-7-10/h2-5,10H,6-7H2,1H3/t10-/m1/s1. The Kier molecular flexibility index (Phi) is 3.16. The summed E-state index contributed by atoms with van der Waals surface area (Å²) in [6, 6.07) is 7.82. The Morgan fingerprint density at radius 1 is 1.53 bits per heavy atom. The number of benzene rings is 1. The molecule has 1 fully saturated rings. The van der Waals surface area contributed by atoms with Crippen LogP contribution in [0.25, 0.3) is 0 Å². The number of hydrogen-bond donors (Lipinski definition) is 0. The van der Waals surface area contributed by atoms with Crippen molar-refractivity contribution in [3.63, 3.8) is 0 Å². The smallest absolute Gasteiger partial charge is 0.307 e. The number of thioether (sulfide) groups is 1. The monoisotopic (exact) mass is 224 g/mol. The first-order chi connectivity index (χ1) is 7.28. The number of esters is 1. The van der Waals surface area contributed by atoms with Crippen molar-refractivity contribution in [1.82, 2.24) is 0 Å². The van der Waals surface area contributed by atoms with Gasteiger partial charge in [0.15, 0.2) is 0 Å². The fourth-order valence-corrected chi connectivity index (χ4v) is 2.51. The summed E-state index contributed by atoms with van der Waals surface area (Å²) in [4.78, 5) is 12.0. The molecule has 0 aromatic heterocycles. The minimum atomic E-state index is -0.101. The lowest BCUT2D eigenvalue weighted by atomic mass is 10.3. The fraction of sp³-hybridized carbons (Fsp3) is 0.364. The maximum atomic E-state index is 10.9. The number of rotatable bonds is 3. The van der Waals surface area contributed by atoms with E-state index in [1.807, 2.05) is 24.3 Å². The lowest BCUT2D eigenvalue weighted by Gasteiger charge is -2.07. The third-order valence-corrected chi connectivity index (χ3v) is 3.33. The molecule has 0 saturated carbocycles. The third-order valence-electron chi connectivity index (χ3n) is 2.17. The number of cyclic esters (lactones) is 1. The van der Waals surface area contributed by atoms with Gasteiger partial charge in [0.25, 0.3) is 0 Å². The molecule has 4 heteroatoms. The van der Waals surface area contributed by atoms with Crippen LogP contribution in [-0.4, -0.2) is 24.9 Å². The molecule has 1 aromatic carbocycles. The molecular formula is C11H12O3S. The van der Waals surface area contributed by atoms with E-state index in [-0.39, 0.29) is 11.2 Å². The fourth-order valence-electron chi connectivity index (χ4n) is 1.43. The lowest BCUT2D eigenvalue weighted by molar-refractivity contribution is -0.137. The normalized spacial score (nSPS) is 20.1. The van der Waals surface area contributed by atoms with Gasteiger partial charge in [0.1, 0.15) is 12.4 Å². The summed E-state index contributed by atoms with van der Waals surface area (Å²) in [5, 5.41) is 0.240. The van der Waals surface area contributed by atoms with Crippen LogP contribution in [0.2, 0.25) is 0 Å². The number of carbonyl (C=O) groups excluding carboxylic acids is 1. The van der Waals surface area contributed by atoms with Gasteiger partial charge in [-0.3, -0.25) is 4.79 Å². The van der Waals surface area contributed by atoms with Crippen LogP contribution >= 0.6 is 11.8 Å². The largest absolute Gasteiger partial charge is 0.497 e. The molecular weight excluding hydrogens is 212 g/mol. The molecule has 0 bridgehead atoms. The van der Waals surface area contributed by atoms with Crippen molar-refractivity contribution in [2.24, 2.45) is 0 Å². The van der Waals surface area contributed by atoms with Crippen molar-refractivity contribution >= 4 is 17.7 Å². The van der Waals surface area contributed by atoms with Crippen LogP contribution in [0.15, 0.2) is 29.2 Å². The van der Waals surface area contributed by atoms with Crippen LogP contribution < -0.4 is 4.74 Å². The molecule has 0 aliphatic carbocycles. The zero-order valence-corrected chi connectivity index (χ0v) is 9.25. The Morgan fingerprint density at radius 2 is 2.40 bits per heavy atom. The second kappa shape index (κ2) is 4.57. The second-order valence-electron chi connectivity index (χ2n) is 3.31. The summed E-state index contributed by atoms with van der Waals surface area (Å²) in [5.41, 5.74) is 0. The van der Waals surface area contributed by atoms with E-state index in [0.29, 0.717) is 13.0 Å². The predicted octanol–water partition coefficient (Wildman–Crippen LogP) is 2.10. The molecule has 0 spiro atoms. The highest BCUT2D eigenvalue weighted by molar-refractivity contribution is 8.00. The van der Waals surface area contributed by atoms with E-state index in [1.54, 1.807) is 18.9 Å². The van der Waals surface area contributed by atoms with E-state index in [2.05, 4.69) is 0 Å². The van der Waals surface area contributed by atoms with Gasteiger partial charge in [-0.25, -0.2) is 0 Å². The maximum absolute atomic E-state index is 10.9. The van der Waals surface area contributed by atoms with Gasteiger partial charge in [0, 0.05) is 4.90 Å².